The summed E-state index contributed by atoms with van der Waals surface area (Å²) < 4.78 is 0. The number of benzene rings is 1. The third kappa shape index (κ3) is 3.30. The summed E-state index contributed by atoms with van der Waals surface area (Å²) in [5, 5.41) is 22.7. The lowest BCUT2D eigenvalue weighted by Crippen LogP contribution is -2.24. The number of hydrogen-bond acceptors (Lipinski definition) is 5. The molecule has 2 N–H and O–H groups in total. The molecule has 3 rings (SSSR count). The molecule has 118 valence electrons. The van der Waals surface area contributed by atoms with Gasteiger partial charge in [0, 0.05) is 4.88 Å². The number of hydrogen-bond donors (Lipinski definition) is 2. The van der Waals surface area contributed by atoms with Gasteiger partial charge in [0.2, 0.25) is 0 Å². The van der Waals surface area contributed by atoms with Gasteiger partial charge in [0.25, 0.3) is 5.91 Å². The Morgan fingerprint density at radius 2 is 2.09 bits per heavy atom. The first kappa shape index (κ1) is 15.4. The standard InChI is InChI=1S/C16H16N4O2S/c1-11-5-2-3-7-14(11)20-18-13(10-21)15(19-20)16(22)17-9-12-6-4-8-23-12/h2-8,21H,9-10H2,1H3,(H,17,22). The third-order valence-corrected chi connectivity index (χ3v) is 4.26. The molecule has 0 aliphatic carbocycles. The Labute approximate surface area is 137 Å². The molecule has 0 spiro atoms. The summed E-state index contributed by atoms with van der Waals surface area (Å²) in [6.07, 6.45) is 0. The first-order chi connectivity index (χ1) is 11.2. The number of aryl methyl sites for hydroxylation is 1. The monoisotopic (exact) mass is 328 g/mol. The summed E-state index contributed by atoms with van der Waals surface area (Å²) in [6.45, 7) is 2.03. The molecule has 0 bridgehead atoms. The molecule has 23 heavy (non-hydrogen) atoms. The van der Waals surface area contributed by atoms with Crippen molar-refractivity contribution in [3.8, 4) is 5.69 Å². The van der Waals surface area contributed by atoms with E-state index in [2.05, 4.69) is 15.5 Å². The van der Waals surface area contributed by atoms with Crippen molar-refractivity contribution in [2.75, 3.05) is 0 Å². The molecular weight excluding hydrogens is 312 g/mol. The van der Waals surface area contributed by atoms with Crippen LogP contribution in [0.25, 0.3) is 5.69 Å². The molecular formula is C16H16N4O2S. The maximum absolute atomic E-state index is 12.3. The summed E-state index contributed by atoms with van der Waals surface area (Å²) in [6, 6.07) is 11.5. The average molecular weight is 328 g/mol. The van der Waals surface area contributed by atoms with Gasteiger partial charge >= 0.3 is 0 Å². The Bertz CT molecular complexity index is 811. The van der Waals surface area contributed by atoms with E-state index >= 15 is 0 Å². The highest BCUT2D eigenvalue weighted by atomic mass is 32.1. The average Bonchev–Trinajstić information content (AvgIpc) is 3.22. The molecule has 0 saturated heterocycles. The van der Waals surface area contributed by atoms with Crippen LogP contribution < -0.4 is 5.32 Å². The first-order valence-electron chi connectivity index (χ1n) is 7.12. The van der Waals surface area contributed by atoms with Crippen molar-refractivity contribution in [2.45, 2.75) is 20.1 Å². The van der Waals surface area contributed by atoms with E-state index in [4.69, 9.17) is 0 Å². The van der Waals surface area contributed by atoms with Gasteiger partial charge in [-0.1, -0.05) is 24.3 Å². The largest absolute Gasteiger partial charge is 0.390 e. The Morgan fingerprint density at radius 3 is 2.78 bits per heavy atom. The van der Waals surface area contributed by atoms with Crippen LogP contribution >= 0.6 is 11.3 Å². The molecule has 0 radical (unpaired) electrons. The van der Waals surface area contributed by atoms with Crippen LogP contribution in [0.2, 0.25) is 0 Å². The lowest BCUT2D eigenvalue weighted by atomic mass is 10.2. The smallest absolute Gasteiger partial charge is 0.274 e. The highest BCUT2D eigenvalue weighted by molar-refractivity contribution is 7.09. The van der Waals surface area contributed by atoms with E-state index in [0.29, 0.717) is 6.54 Å². The van der Waals surface area contributed by atoms with Crippen molar-refractivity contribution >= 4 is 17.2 Å². The summed E-state index contributed by atoms with van der Waals surface area (Å²) >= 11 is 1.57. The van der Waals surface area contributed by atoms with Gasteiger partial charge < -0.3 is 10.4 Å². The van der Waals surface area contributed by atoms with Crippen LogP contribution in [0.3, 0.4) is 0 Å². The van der Waals surface area contributed by atoms with Crippen molar-refractivity contribution in [1.82, 2.24) is 20.3 Å². The van der Waals surface area contributed by atoms with Gasteiger partial charge in [0.1, 0.15) is 5.69 Å². The number of rotatable bonds is 5. The molecule has 2 heterocycles. The number of aliphatic hydroxyl groups excluding tert-OH is 1. The Balaban J connectivity index is 1.84. The van der Waals surface area contributed by atoms with Crippen LogP contribution in [0, 0.1) is 6.92 Å². The number of amides is 1. The highest BCUT2D eigenvalue weighted by Crippen LogP contribution is 2.14. The summed E-state index contributed by atoms with van der Waals surface area (Å²) in [4.78, 5) is 14.8. The van der Waals surface area contributed by atoms with Crippen LogP contribution in [0.4, 0.5) is 0 Å². The van der Waals surface area contributed by atoms with Gasteiger partial charge in [-0.3, -0.25) is 4.79 Å². The van der Waals surface area contributed by atoms with Gasteiger partial charge in [-0.05, 0) is 30.0 Å². The molecule has 0 atom stereocenters. The number of para-hydroxylation sites is 1. The number of aliphatic hydroxyl groups is 1. The fourth-order valence-corrected chi connectivity index (χ4v) is 2.82. The maximum atomic E-state index is 12.3. The fraction of sp³-hybridized carbons (Fsp3) is 0.188. The number of nitrogens with zero attached hydrogens (tertiary/aromatic N) is 3. The summed E-state index contributed by atoms with van der Waals surface area (Å²) in [7, 11) is 0. The van der Waals surface area contributed by atoms with Crippen molar-refractivity contribution < 1.29 is 9.90 Å². The third-order valence-electron chi connectivity index (χ3n) is 3.38. The normalized spacial score (nSPS) is 10.7. The van der Waals surface area contributed by atoms with E-state index in [1.54, 1.807) is 11.3 Å². The molecule has 0 unspecified atom stereocenters. The van der Waals surface area contributed by atoms with E-state index < -0.39 is 0 Å². The van der Waals surface area contributed by atoms with Gasteiger partial charge in [0.15, 0.2) is 5.69 Å². The quantitative estimate of drug-likeness (QED) is 0.751. The Hall–Kier alpha value is -2.51. The Morgan fingerprint density at radius 1 is 1.26 bits per heavy atom. The number of carbonyl (C=O) groups excluding carboxylic acids is 1. The van der Waals surface area contributed by atoms with E-state index in [9.17, 15) is 9.90 Å². The minimum absolute atomic E-state index is 0.146. The second kappa shape index (κ2) is 6.72. The molecule has 0 fully saturated rings. The SMILES string of the molecule is Cc1ccccc1-n1nc(CO)c(C(=O)NCc2cccs2)n1. The fourth-order valence-electron chi connectivity index (χ4n) is 2.18. The maximum Gasteiger partial charge on any atom is 0.274 e. The van der Waals surface area contributed by atoms with Crippen LogP contribution in [0.1, 0.15) is 26.6 Å². The molecule has 7 heteroatoms. The summed E-state index contributed by atoms with van der Waals surface area (Å²) in [5.41, 5.74) is 2.17. The minimum Gasteiger partial charge on any atom is -0.390 e. The van der Waals surface area contributed by atoms with E-state index in [0.717, 1.165) is 16.1 Å². The zero-order valence-electron chi connectivity index (χ0n) is 12.6. The van der Waals surface area contributed by atoms with Crippen molar-refractivity contribution in [3.63, 3.8) is 0 Å². The van der Waals surface area contributed by atoms with E-state index in [1.807, 2.05) is 48.7 Å². The molecule has 1 aromatic carbocycles. The lowest BCUT2D eigenvalue weighted by molar-refractivity contribution is 0.0942. The van der Waals surface area contributed by atoms with Crippen molar-refractivity contribution in [3.05, 3.63) is 63.6 Å². The van der Waals surface area contributed by atoms with Crippen LogP contribution in [-0.2, 0) is 13.2 Å². The summed E-state index contributed by atoms with van der Waals surface area (Å²) in [5.74, 6) is -0.345. The zero-order chi connectivity index (χ0) is 16.2. The number of nitrogens with one attached hydrogen (secondary N) is 1. The zero-order valence-corrected chi connectivity index (χ0v) is 13.4. The van der Waals surface area contributed by atoms with Crippen molar-refractivity contribution in [2.24, 2.45) is 0 Å². The van der Waals surface area contributed by atoms with Gasteiger partial charge in [-0.2, -0.15) is 4.80 Å². The molecule has 6 nitrogen and oxygen atoms in total. The Kier molecular flexibility index (Phi) is 4.50. The second-order valence-electron chi connectivity index (χ2n) is 4.99. The number of aromatic nitrogens is 3. The molecule has 1 amide bonds. The van der Waals surface area contributed by atoms with Crippen LogP contribution in [0.5, 0.6) is 0 Å². The number of carbonyl (C=O) groups is 1. The molecule has 0 aliphatic heterocycles. The molecule has 3 aromatic rings. The van der Waals surface area contributed by atoms with Gasteiger partial charge in [0.05, 0.1) is 18.8 Å². The predicted molar refractivity (Wildman–Crippen MR) is 87.5 cm³/mol. The van der Waals surface area contributed by atoms with E-state index in [1.165, 1.54) is 4.80 Å². The van der Waals surface area contributed by atoms with E-state index in [-0.39, 0.29) is 23.9 Å². The van der Waals surface area contributed by atoms with Crippen molar-refractivity contribution in [1.29, 1.82) is 0 Å². The number of thiophene rings is 1. The van der Waals surface area contributed by atoms with Gasteiger partial charge in [-0.25, -0.2) is 0 Å². The molecule has 0 saturated carbocycles. The molecule has 2 aromatic heterocycles. The molecule has 0 aliphatic rings. The van der Waals surface area contributed by atoms with Gasteiger partial charge in [-0.15, -0.1) is 21.5 Å². The highest BCUT2D eigenvalue weighted by Gasteiger charge is 2.19. The second-order valence-corrected chi connectivity index (χ2v) is 6.02. The minimum atomic E-state index is -0.345. The topological polar surface area (TPSA) is 80.0 Å². The van der Waals surface area contributed by atoms with Crippen LogP contribution in [0.15, 0.2) is 41.8 Å². The first-order valence-corrected chi connectivity index (χ1v) is 8.00. The van der Waals surface area contributed by atoms with Crippen LogP contribution in [-0.4, -0.2) is 26.0 Å². The predicted octanol–water partition coefficient (Wildman–Crippen LogP) is 2.06. The lowest BCUT2D eigenvalue weighted by Gasteiger charge is -2.03.